The van der Waals surface area contributed by atoms with Crippen LogP contribution in [0, 0.1) is 0 Å². The molecule has 6 nitrogen and oxygen atoms in total. The zero-order valence-electron chi connectivity index (χ0n) is 12.9. The second kappa shape index (κ2) is 6.58. The topological polar surface area (TPSA) is 73.2 Å². The number of aromatic nitrogens is 2. The predicted octanol–water partition coefficient (Wildman–Crippen LogP) is 2.66. The zero-order valence-corrected chi connectivity index (χ0v) is 12.9. The van der Waals surface area contributed by atoms with Crippen LogP contribution < -0.4 is 15.6 Å². The van der Waals surface area contributed by atoms with Crippen molar-refractivity contribution in [1.29, 1.82) is 0 Å². The summed E-state index contributed by atoms with van der Waals surface area (Å²) in [5.41, 5.74) is 0.129. The molecule has 25 heavy (non-hydrogen) atoms. The van der Waals surface area contributed by atoms with Crippen LogP contribution in [0.25, 0.3) is 0 Å². The summed E-state index contributed by atoms with van der Waals surface area (Å²) in [4.78, 5) is 23.9. The van der Waals surface area contributed by atoms with Crippen LogP contribution in [0.4, 0.5) is 18.9 Å². The maximum Gasteiger partial charge on any atom is 0.573 e. The predicted molar refractivity (Wildman–Crippen MR) is 82.2 cm³/mol. The summed E-state index contributed by atoms with van der Waals surface area (Å²) in [6, 6.07) is 8.12. The normalized spacial score (nSPS) is 14.2. The van der Waals surface area contributed by atoms with Gasteiger partial charge in [0.05, 0.1) is 11.4 Å². The molecule has 1 amide bonds. The van der Waals surface area contributed by atoms with Gasteiger partial charge in [-0.05, 0) is 31.0 Å². The molecule has 1 fully saturated rings. The van der Waals surface area contributed by atoms with Gasteiger partial charge in [0.1, 0.15) is 6.54 Å². The number of rotatable bonds is 5. The fraction of sp³-hybridized carbons (Fsp3) is 0.312. The minimum absolute atomic E-state index is 0.142. The van der Waals surface area contributed by atoms with E-state index in [1.165, 1.54) is 24.3 Å². The lowest BCUT2D eigenvalue weighted by atomic mass is 10.3. The molecule has 1 aromatic carbocycles. The van der Waals surface area contributed by atoms with E-state index in [1.807, 2.05) is 0 Å². The third-order valence-electron chi connectivity index (χ3n) is 3.56. The molecule has 0 spiro atoms. The Balaban J connectivity index is 1.73. The molecule has 3 rings (SSSR count). The number of alkyl halides is 3. The minimum atomic E-state index is -4.88. The van der Waals surface area contributed by atoms with Gasteiger partial charge in [0.2, 0.25) is 5.91 Å². The molecule has 1 heterocycles. The first kappa shape index (κ1) is 17.0. The van der Waals surface area contributed by atoms with Gasteiger partial charge in [-0.1, -0.05) is 12.1 Å². The average molecular weight is 353 g/mol. The van der Waals surface area contributed by atoms with Crippen molar-refractivity contribution in [2.24, 2.45) is 0 Å². The third kappa shape index (κ3) is 4.59. The van der Waals surface area contributed by atoms with Crippen molar-refractivity contribution >= 4 is 11.6 Å². The quantitative estimate of drug-likeness (QED) is 0.897. The Morgan fingerprint density at radius 1 is 1.24 bits per heavy atom. The summed E-state index contributed by atoms with van der Waals surface area (Å²) in [5.74, 6) is -0.910. The molecule has 1 aliphatic carbocycles. The zero-order chi connectivity index (χ0) is 18.0. The molecule has 1 saturated carbocycles. The first-order chi connectivity index (χ1) is 11.8. The van der Waals surface area contributed by atoms with Crippen molar-refractivity contribution in [2.75, 3.05) is 5.32 Å². The highest BCUT2D eigenvalue weighted by atomic mass is 19.4. The third-order valence-corrected chi connectivity index (χ3v) is 3.56. The number of anilines is 1. The van der Waals surface area contributed by atoms with Gasteiger partial charge in [0.25, 0.3) is 5.56 Å². The van der Waals surface area contributed by atoms with Crippen LogP contribution in [0.15, 0.2) is 41.2 Å². The number of nitrogens with one attached hydrogen (secondary N) is 1. The van der Waals surface area contributed by atoms with Gasteiger partial charge >= 0.3 is 6.36 Å². The lowest BCUT2D eigenvalue weighted by Gasteiger charge is -2.14. The Hall–Kier alpha value is -2.84. The molecule has 0 atom stereocenters. The summed E-state index contributed by atoms with van der Waals surface area (Å²) >= 11 is 0. The van der Waals surface area contributed by atoms with Gasteiger partial charge in [0, 0.05) is 12.0 Å². The second-order valence-electron chi connectivity index (χ2n) is 5.62. The lowest BCUT2D eigenvalue weighted by molar-refractivity contribution is -0.274. The molecule has 9 heteroatoms. The highest BCUT2D eigenvalue weighted by molar-refractivity contribution is 5.92. The van der Waals surface area contributed by atoms with E-state index in [0.29, 0.717) is 5.92 Å². The molecular formula is C16H14F3N3O3. The maximum atomic E-state index is 12.4. The summed E-state index contributed by atoms with van der Waals surface area (Å²) < 4.78 is 42.0. The van der Waals surface area contributed by atoms with Gasteiger partial charge in [-0.3, -0.25) is 9.59 Å². The summed E-state index contributed by atoms with van der Waals surface area (Å²) in [5, 5.41) is 6.44. The van der Waals surface area contributed by atoms with E-state index in [9.17, 15) is 22.8 Å². The van der Waals surface area contributed by atoms with E-state index in [4.69, 9.17) is 0 Å². The van der Waals surface area contributed by atoms with Gasteiger partial charge in [-0.2, -0.15) is 5.10 Å². The number of carbonyl (C=O) groups is 1. The number of hydrogen-bond donors (Lipinski definition) is 1. The smallest absolute Gasteiger partial charge is 0.404 e. The van der Waals surface area contributed by atoms with E-state index < -0.39 is 30.1 Å². The molecule has 1 N–H and O–H groups in total. The number of halogens is 3. The first-order valence-corrected chi connectivity index (χ1v) is 7.54. The molecule has 0 aliphatic heterocycles. The van der Waals surface area contributed by atoms with Crippen LogP contribution in [-0.2, 0) is 11.3 Å². The van der Waals surface area contributed by atoms with Gasteiger partial charge in [-0.25, -0.2) is 4.68 Å². The van der Waals surface area contributed by atoms with Crippen molar-refractivity contribution in [3.8, 4) is 5.75 Å². The number of hydrogen-bond acceptors (Lipinski definition) is 4. The van der Waals surface area contributed by atoms with Crippen molar-refractivity contribution < 1.29 is 22.7 Å². The second-order valence-corrected chi connectivity index (χ2v) is 5.62. The molecule has 0 radical (unpaired) electrons. The van der Waals surface area contributed by atoms with Crippen LogP contribution in [0.1, 0.15) is 24.5 Å². The average Bonchev–Trinajstić information content (AvgIpc) is 3.35. The molecular weight excluding hydrogens is 339 g/mol. The molecule has 2 aromatic rings. The van der Waals surface area contributed by atoms with E-state index >= 15 is 0 Å². The summed E-state index contributed by atoms with van der Waals surface area (Å²) in [7, 11) is 0. The summed E-state index contributed by atoms with van der Waals surface area (Å²) in [6.07, 6.45) is -2.91. The van der Waals surface area contributed by atoms with E-state index in [-0.39, 0.29) is 5.69 Å². The van der Waals surface area contributed by atoms with Crippen molar-refractivity contribution in [3.05, 3.63) is 52.4 Å². The number of nitrogens with zero attached hydrogens (tertiary/aromatic N) is 2. The highest BCUT2D eigenvalue weighted by Gasteiger charge is 2.32. The minimum Gasteiger partial charge on any atom is -0.404 e. The van der Waals surface area contributed by atoms with Gasteiger partial charge in [-0.15, -0.1) is 13.2 Å². The van der Waals surface area contributed by atoms with Gasteiger partial charge < -0.3 is 10.1 Å². The summed E-state index contributed by atoms with van der Waals surface area (Å²) in [6.45, 7) is -0.403. The first-order valence-electron chi connectivity index (χ1n) is 7.54. The number of amides is 1. The molecule has 0 bridgehead atoms. The van der Waals surface area contributed by atoms with Crippen LogP contribution in [0.2, 0.25) is 0 Å². The molecule has 0 saturated heterocycles. The SMILES string of the molecule is O=C(Cn1nc(C2CC2)ccc1=O)Nc1ccccc1OC(F)(F)F. The molecule has 132 valence electrons. The largest absolute Gasteiger partial charge is 0.573 e. The van der Waals surface area contributed by atoms with Crippen LogP contribution in [0.5, 0.6) is 5.75 Å². The van der Waals surface area contributed by atoms with E-state index in [0.717, 1.165) is 29.3 Å². The Labute approximate surface area is 140 Å². The van der Waals surface area contributed by atoms with Crippen molar-refractivity contribution in [2.45, 2.75) is 31.7 Å². The van der Waals surface area contributed by atoms with E-state index in [2.05, 4.69) is 15.2 Å². The highest BCUT2D eigenvalue weighted by Crippen LogP contribution is 2.38. The monoisotopic (exact) mass is 353 g/mol. The van der Waals surface area contributed by atoms with E-state index in [1.54, 1.807) is 6.07 Å². The molecule has 1 aromatic heterocycles. The number of para-hydroxylation sites is 2. The Kier molecular flexibility index (Phi) is 4.47. The van der Waals surface area contributed by atoms with Crippen LogP contribution >= 0.6 is 0 Å². The standard InChI is InChI=1S/C16H14F3N3O3/c17-16(18,19)25-13-4-2-1-3-12(13)20-14(23)9-22-15(24)8-7-11(21-22)10-5-6-10/h1-4,7-8,10H,5-6,9H2,(H,20,23). The fourth-order valence-electron chi connectivity index (χ4n) is 2.28. The van der Waals surface area contributed by atoms with Crippen LogP contribution in [0.3, 0.4) is 0 Å². The maximum absolute atomic E-state index is 12.4. The van der Waals surface area contributed by atoms with Crippen molar-refractivity contribution in [1.82, 2.24) is 9.78 Å². The molecule has 1 aliphatic rings. The Morgan fingerprint density at radius 3 is 2.64 bits per heavy atom. The number of carbonyl (C=O) groups excluding carboxylic acids is 1. The Bertz CT molecular complexity index is 844. The fourth-order valence-corrected chi connectivity index (χ4v) is 2.28. The lowest BCUT2D eigenvalue weighted by Crippen LogP contribution is -2.30. The van der Waals surface area contributed by atoms with Crippen molar-refractivity contribution in [3.63, 3.8) is 0 Å². The number of ether oxygens (including phenoxy) is 1. The van der Waals surface area contributed by atoms with Crippen LogP contribution in [-0.4, -0.2) is 22.1 Å². The number of benzene rings is 1. The van der Waals surface area contributed by atoms with Gasteiger partial charge in [0.15, 0.2) is 5.75 Å². The molecule has 0 unspecified atom stereocenters. The Morgan fingerprint density at radius 2 is 1.96 bits per heavy atom.